The summed E-state index contributed by atoms with van der Waals surface area (Å²) in [5.74, 6) is -0.952. The van der Waals surface area contributed by atoms with Gasteiger partial charge < -0.3 is 39.7 Å². The maximum Gasteiger partial charge on any atom is 0.469 e. The van der Waals surface area contributed by atoms with Gasteiger partial charge in [0.25, 0.3) is 0 Å². The number of aliphatic hydroxyl groups excluding tert-OH is 3. The Balaban J connectivity index is 2.48. The third-order valence-electron chi connectivity index (χ3n) is 3.14. The van der Waals surface area contributed by atoms with Crippen LogP contribution in [-0.4, -0.2) is 80.1 Å². The molecule has 0 bridgehead atoms. The highest BCUT2D eigenvalue weighted by Crippen LogP contribution is 2.37. The van der Waals surface area contributed by atoms with Crippen LogP contribution in [0.25, 0.3) is 0 Å². The van der Waals surface area contributed by atoms with Gasteiger partial charge in [-0.15, -0.1) is 0 Å². The number of aliphatic carboxylic acids is 1. The van der Waals surface area contributed by atoms with Gasteiger partial charge in [-0.3, -0.25) is 9.32 Å². The lowest BCUT2D eigenvalue weighted by Gasteiger charge is -2.40. The van der Waals surface area contributed by atoms with Crippen LogP contribution in [-0.2, 0) is 23.4 Å². The average Bonchev–Trinajstić information content (AvgIpc) is 2.44. The summed E-state index contributed by atoms with van der Waals surface area (Å²) in [5.41, 5.74) is 0. The summed E-state index contributed by atoms with van der Waals surface area (Å²) >= 11 is 0. The molecular weight excluding hydrogens is 339 g/mol. The van der Waals surface area contributed by atoms with E-state index in [9.17, 15) is 24.7 Å². The van der Waals surface area contributed by atoms with Crippen LogP contribution in [0.2, 0.25) is 0 Å². The first-order valence-electron chi connectivity index (χ1n) is 6.85. The summed E-state index contributed by atoms with van der Waals surface area (Å²) in [7, 11) is -4.78. The Bertz CT molecular complexity index is 424. The van der Waals surface area contributed by atoms with Crippen LogP contribution in [0, 0.1) is 0 Å². The molecule has 0 radical (unpaired) electrons. The van der Waals surface area contributed by atoms with Gasteiger partial charge in [0, 0.05) is 13.0 Å². The van der Waals surface area contributed by atoms with Gasteiger partial charge in [0.1, 0.15) is 24.4 Å². The van der Waals surface area contributed by atoms with Crippen LogP contribution < -0.4 is 0 Å². The van der Waals surface area contributed by atoms with E-state index in [0.717, 1.165) is 0 Å². The van der Waals surface area contributed by atoms with Gasteiger partial charge in [-0.1, -0.05) is 0 Å². The maximum absolute atomic E-state index is 10.7. The van der Waals surface area contributed by atoms with E-state index in [2.05, 4.69) is 4.52 Å². The zero-order chi connectivity index (χ0) is 17.6. The summed E-state index contributed by atoms with van der Waals surface area (Å²) in [4.78, 5) is 27.6. The molecule has 1 saturated heterocycles. The van der Waals surface area contributed by atoms with Crippen LogP contribution >= 0.6 is 7.82 Å². The van der Waals surface area contributed by atoms with E-state index in [4.69, 9.17) is 24.4 Å². The van der Waals surface area contributed by atoms with Crippen molar-refractivity contribution < 1.29 is 53.6 Å². The van der Waals surface area contributed by atoms with Gasteiger partial charge in [-0.05, 0) is 12.8 Å². The lowest BCUT2D eigenvalue weighted by atomic mass is 9.99. The molecule has 1 aliphatic heterocycles. The van der Waals surface area contributed by atoms with Crippen LogP contribution in [0.5, 0.6) is 0 Å². The predicted octanol–water partition coefficient (Wildman–Crippen LogP) is -1.83. The molecule has 0 aliphatic carbocycles. The fourth-order valence-corrected chi connectivity index (χ4v) is 2.28. The molecule has 1 heterocycles. The molecule has 12 heteroatoms. The van der Waals surface area contributed by atoms with Gasteiger partial charge in [-0.2, -0.15) is 0 Å². The van der Waals surface area contributed by atoms with E-state index in [1.54, 1.807) is 0 Å². The Morgan fingerprint density at radius 1 is 1.09 bits per heavy atom. The first-order chi connectivity index (χ1) is 10.6. The second kappa shape index (κ2) is 9.02. The zero-order valence-electron chi connectivity index (χ0n) is 12.1. The van der Waals surface area contributed by atoms with Gasteiger partial charge >= 0.3 is 13.8 Å². The van der Waals surface area contributed by atoms with E-state index in [1.807, 2.05) is 0 Å². The summed E-state index contributed by atoms with van der Waals surface area (Å²) in [6.45, 7) is -0.683. The molecule has 1 aliphatic rings. The largest absolute Gasteiger partial charge is 0.481 e. The molecule has 1 rings (SSSR count). The number of phosphoric ester groups is 1. The van der Waals surface area contributed by atoms with Gasteiger partial charge in [0.05, 0.1) is 6.61 Å². The van der Waals surface area contributed by atoms with Crippen molar-refractivity contribution in [3.05, 3.63) is 0 Å². The van der Waals surface area contributed by atoms with Crippen molar-refractivity contribution in [2.24, 2.45) is 0 Å². The highest BCUT2D eigenvalue weighted by molar-refractivity contribution is 7.46. The van der Waals surface area contributed by atoms with Crippen molar-refractivity contribution in [3.63, 3.8) is 0 Å². The molecule has 23 heavy (non-hydrogen) atoms. The zero-order valence-corrected chi connectivity index (χ0v) is 13.0. The van der Waals surface area contributed by atoms with Gasteiger partial charge in [0.15, 0.2) is 6.29 Å². The van der Waals surface area contributed by atoms with Crippen molar-refractivity contribution in [3.8, 4) is 0 Å². The Hall–Kier alpha value is -0.620. The van der Waals surface area contributed by atoms with Crippen LogP contribution in [0.15, 0.2) is 0 Å². The van der Waals surface area contributed by atoms with Crippen molar-refractivity contribution in [1.29, 1.82) is 0 Å². The molecule has 2 unspecified atom stereocenters. The second-order valence-corrected chi connectivity index (χ2v) is 6.26. The molecule has 5 atom stereocenters. The van der Waals surface area contributed by atoms with Gasteiger partial charge in [-0.25, -0.2) is 4.57 Å². The van der Waals surface area contributed by atoms with E-state index >= 15 is 0 Å². The molecule has 136 valence electrons. The number of aliphatic hydroxyl groups is 3. The fraction of sp³-hybridized carbons (Fsp3) is 0.909. The molecule has 0 amide bonds. The van der Waals surface area contributed by atoms with E-state index < -0.39 is 51.1 Å². The van der Waals surface area contributed by atoms with Crippen molar-refractivity contribution in [2.75, 3.05) is 13.2 Å². The lowest BCUT2D eigenvalue weighted by molar-refractivity contribution is -0.300. The van der Waals surface area contributed by atoms with E-state index in [0.29, 0.717) is 12.8 Å². The minimum absolute atomic E-state index is 0.0316. The topological polar surface area (TPSA) is 183 Å². The minimum Gasteiger partial charge on any atom is -0.481 e. The quantitative estimate of drug-likeness (QED) is 0.201. The van der Waals surface area contributed by atoms with Crippen LogP contribution in [0.1, 0.15) is 19.3 Å². The number of hydrogen-bond acceptors (Lipinski definition) is 8. The number of carboxylic acid groups (broad SMARTS) is 1. The molecule has 0 saturated carbocycles. The predicted molar refractivity (Wildman–Crippen MR) is 72.1 cm³/mol. The number of unbranched alkanes of at least 4 members (excludes halogenated alkanes) is 1. The summed E-state index contributed by atoms with van der Waals surface area (Å²) in [6, 6.07) is 0. The van der Waals surface area contributed by atoms with Crippen molar-refractivity contribution in [2.45, 2.75) is 50.0 Å². The number of hydrogen-bond donors (Lipinski definition) is 6. The number of rotatable bonds is 9. The first-order valence-corrected chi connectivity index (χ1v) is 8.38. The molecule has 0 aromatic rings. The molecule has 1 fully saturated rings. The molecule has 6 N–H and O–H groups in total. The summed E-state index contributed by atoms with van der Waals surface area (Å²) in [6.07, 6.45) is -6.85. The Kier molecular flexibility index (Phi) is 8.01. The highest BCUT2D eigenvalue weighted by atomic mass is 31.2. The first kappa shape index (κ1) is 20.4. The SMILES string of the molecule is O=C(O)CCCCO[C@H]1OC(COP(=O)(O)O)[C@@H](O)[C@H](O)C1O. The Morgan fingerprint density at radius 3 is 2.30 bits per heavy atom. The summed E-state index contributed by atoms with van der Waals surface area (Å²) in [5, 5.41) is 37.6. The second-order valence-electron chi connectivity index (χ2n) is 5.02. The van der Waals surface area contributed by atoms with E-state index in [-0.39, 0.29) is 13.0 Å². The van der Waals surface area contributed by atoms with Crippen LogP contribution in [0.4, 0.5) is 0 Å². The van der Waals surface area contributed by atoms with E-state index in [1.165, 1.54) is 0 Å². The number of phosphoric acid groups is 1. The molecular formula is C11H21O11P. The smallest absolute Gasteiger partial charge is 0.469 e. The molecule has 0 aromatic heterocycles. The minimum atomic E-state index is -4.78. The normalized spacial score (nSPS) is 32.0. The maximum atomic E-state index is 10.7. The average molecular weight is 360 g/mol. The third-order valence-corrected chi connectivity index (χ3v) is 3.63. The fourth-order valence-electron chi connectivity index (χ4n) is 1.94. The standard InChI is InChI=1S/C11H21O11P/c12-7(13)3-1-2-4-20-11-10(16)9(15)8(14)6(22-11)5-21-23(17,18)19/h6,8-11,14-16H,1-5H2,(H,12,13)(H2,17,18,19)/t6?,8-,9+,10?,11+/m1/s1. The monoisotopic (exact) mass is 360 g/mol. The Labute approximate surface area is 131 Å². The lowest BCUT2D eigenvalue weighted by Crippen LogP contribution is -2.59. The van der Waals surface area contributed by atoms with Crippen molar-refractivity contribution in [1.82, 2.24) is 0 Å². The third kappa shape index (κ3) is 7.21. The highest BCUT2D eigenvalue weighted by Gasteiger charge is 2.44. The van der Waals surface area contributed by atoms with Gasteiger partial charge in [0.2, 0.25) is 0 Å². The Morgan fingerprint density at radius 2 is 1.74 bits per heavy atom. The van der Waals surface area contributed by atoms with Crippen molar-refractivity contribution >= 4 is 13.8 Å². The summed E-state index contributed by atoms with van der Waals surface area (Å²) < 4.78 is 25.2. The molecule has 11 nitrogen and oxygen atoms in total. The number of carbonyl (C=O) groups is 1. The molecule has 0 aromatic carbocycles. The number of ether oxygens (including phenoxy) is 2. The number of carboxylic acids is 1. The molecule has 0 spiro atoms. The van der Waals surface area contributed by atoms with Crippen LogP contribution in [0.3, 0.4) is 0 Å².